The van der Waals surface area contributed by atoms with Crippen molar-refractivity contribution in [2.75, 3.05) is 11.9 Å². The molecule has 12 nitrogen and oxygen atoms in total. The highest BCUT2D eigenvalue weighted by Gasteiger charge is 2.39. The first kappa shape index (κ1) is 28.4. The van der Waals surface area contributed by atoms with Gasteiger partial charge in [-0.25, -0.2) is 24.1 Å². The lowest BCUT2D eigenvalue weighted by atomic mass is 10.1. The lowest BCUT2D eigenvalue weighted by Gasteiger charge is -2.21. The maximum atomic E-state index is 13.1. The Bertz CT molecular complexity index is 1580. The molecule has 0 radical (unpaired) electrons. The summed E-state index contributed by atoms with van der Waals surface area (Å²) in [6, 6.07) is 9.28. The second-order valence-corrected chi connectivity index (χ2v) is 9.70. The molecule has 216 valence electrons. The van der Waals surface area contributed by atoms with Gasteiger partial charge in [-0.3, -0.25) is 9.36 Å². The number of amides is 1. The van der Waals surface area contributed by atoms with Gasteiger partial charge in [0, 0.05) is 23.4 Å². The van der Waals surface area contributed by atoms with Crippen LogP contribution in [0.3, 0.4) is 0 Å². The van der Waals surface area contributed by atoms with Crippen molar-refractivity contribution < 1.29 is 27.8 Å². The Balaban J connectivity index is 1.41. The first-order chi connectivity index (χ1) is 19.6. The fraction of sp³-hybridized carbons (Fsp3) is 0.360. The van der Waals surface area contributed by atoms with Crippen LogP contribution in [-0.4, -0.2) is 70.1 Å². The molecular formula is C25H24ClF3N8O4. The minimum absolute atomic E-state index is 0.100. The minimum atomic E-state index is -4.95. The van der Waals surface area contributed by atoms with Gasteiger partial charge in [0.05, 0.1) is 6.54 Å². The van der Waals surface area contributed by atoms with Gasteiger partial charge in [0.1, 0.15) is 24.7 Å². The Hall–Kier alpha value is -4.08. The number of rotatable bonds is 8. The number of pyridine rings is 1. The molecule has 4 aromatic rings. The molecule has 1 saturated heterocycles. The van der Waals surface area contributed by atoms with Gasteiger partial charge >= 0.3 is 11.9 Å². The van der Waals surface area contributed by atoms with Gasteiger partial charge in [0.2, 0.25) is 0 Å². The van der Waals surface area contributed by atoms with Gasteiger partial charge in [0.25, 0.3) is 5.91 Å². The number of carbonyl (C=O) groups excluding carboxylic acids is 1. The van der Waals surface area contributed by atoms with E-state index < -0.39 is 30.6 Å². The van der Waals surface area contributed by atoms with E-state index in [4.69, 9.17) is 16.3 Å². The number of nitrogens with zero attached hydrogens (tertiary/aromatic N) is 7. The van der Waals surface area contributed by atoms with Crippen LogP contribution in [0.2, 0.25) is 5.02 Å². The molecular weight excluding hydrogens is 569 g/mol. The summed E-state index contributed by atoms with van der Waals surface area (Å²) in [6.07, 6.45) is -3.11. The zero-order chi connectivity index (χ0) is 29.1. The number of anilines is 1. The lowest BCUT2D eigenvalue weighted by molar-refractivity contribution is -0.207. The fourth-order valence-electron chi connectivity index (χ4n) is 4.24. The van der Waals surface area contributed by atoms with E-state index >= 15 is 0 Å². The Labute approximate surface area is 235 Å². The zero-order valence-electron chi connectivity index (χ0n) is 21.3. The van der Waals surface area contributed by atoms with Crippen LogP contribution in [0.15, 0.2) is 53.7 Å². The molecule has 0 spiro atoms. The Morgan fingerprint density at radius 1 is 1.17 bits per heavy atom. The molecule has 0 aliphatic carbocycles. The molecule has 41 heavy (non-hydrogen) atoms. The second-order valence-electron chi connectivity index (χ2n) is 9.26. The van der Waals surface area contributed by atoms with Crippen molar-refractivity contribution in [3.8, 4) is 17.1 Å². The molecule has 1 aliphatic heterocycles. The highest BCUT2D eigenvalue weighted by atomic mass is 35.5. The molecule has 1 fully saturated rings. The van der Waals surface area contributed by atoms with Gasteiger partial charge in [0.15, 0.2) is 23.6 Å². The SMILES string of the molecule is O=C(Nc1ncccc1-n1cnc(Cn2nc(-c3ccc(Cl)cc3)n(C[C@H](O)C(F)(F)F)c2=O)n1)C1CCCCO1. The average molecular weight is 593 g/mol. The van der Waals surface area contributed by atoms with E-state index in [0.717, 1.165) is 22.1 Å². The number of halogens is 4. The van der Waals surface area contributed by atoms with Crippen molar-refractivity contribution in [2.45, 2.75) is 50.7 Å². The molecule has 5 rings (SSSR count). The van der Waals surface area contributed by atoms with Crippen LogP contribution >= 0.6 is 11.6 Å². The van der Waals surface area contributed by atoms with Gasteiger partial charge in [-0.05, 0) is 55.7 Å². The predicted molar refractivity (Wildman–Crippen MR) is 139 cm³/mol. The molecule has 2 atom stereocenters. The van der Waals surface area contributed by atoms with Crippen molar-refractivity contribution in [3.05, 3.63) is 70.3 Å². The highest BCUT2D eigenvalue weighted by molar-refractivity contribution is 6.30. The van der Waals surface area contributed by atoms with E-state index in [0.29, 0.717) is 29.3 Å². The summed E-state index contributed by atoms with van der Waals surface area (Å²) in [4.78, 5) is 34.2. The molecule has 1 aliphatic rings. The monoisotopic (exact) mass is 592 g/mol. The zero-order valence-corrected chi connectivity index (χ0v) is 22.1. The summed E-state index contributed by atoms with van der Waals surface area (Å²) in [5, 5.41) is 21.3. The highest BCUT2D eigenvalue weighted by Crippen LogP contribution is 2.24. The molecule has 3 aromatic heterocycles. The minimum Gasteiger partial charge on any atom is -0.382 e. The predicted octanol–water partition coefficient (Wildman–Crippen LogP) is 2.82. The smallest absolute Gasteiger partial charge is 0.382 e. The van der Waals surface area contributed by atoms with E-state index in [1.807, 2.05) is 0 Å². The molecule has 2 N–H and O–H groups in total. The standard InChI is InChI=1S/C25H24ClF3N8O4/c26-16-8-6-15(7-9-16)22-34-36(24(40)35(22)12-19(38)25(27,28)29)13-20-31-14-37(33-20)17-4-3-10-30-21(17)32-23(39)18-5-1-2-11-41-18/h3-4,6-10,14,18-19,38H,1-2,5,11-13H2,(H,30,32,39)/t18?,19-/m0/s1. The van der Waals surface area contributed by atoms with Gasteiger partial charge in [-0.15, -0.1) is 10.2 Å². The number of hydrogen-bond donors (Lipinski definition) is 2. The topological polar surface area (TPSA) is 142 Å². The van der Waals surface area contributed by atoms with Crippen molar-refractivity contribution in [1.29, 1.82) is 0 Å². The third-order valence-corrected chi connectivity index (χ3v) is 6.59. The number of nitrogens with one attached hydrogen (secondary N) is 1. The van der Waals surface area contributed by atoms with Crippen LogP contribution in [-0.2, 0) is 22.6 Å². The van der Waals surface area contributed by atoms with Crippen molar-refractivity contribution in [3.63, 3.8) is 0 Å². The Kier molecular flexibility index (Phi) is 8.19. The number of carbonyl (C=O) groups is 1. The largest absolute Gasteiger partial charge is 0.416 e. The normalized spacial score (nSPS) is 16.5. The molecule has 1 unspecified atom stereocenters. The maximum absolute atomic E-state index is 13.1. The van der Waals surface area contributed by atoms with Crippen LogP contribution in [0, 0.1) is 0 Å². The molecule has 0 bridgehead atoms. The van der Waals surface area contributed by atoms with Crippen LogP contribution in [0.4, 0.5) is 19.0 Å². The van der Waals surface area contributed by atoms with Crippen molar-refractivity contribution in [2.24, 2.45) is 0 Å². The van der Waals surface area contributed by atoms with Crippen LogP contribution in [0.5, 0.6) is 0 Å². The molecule has 16 heteroatoms. The first-order valence-corrected chi connectivity index (χ1v) is 12.9. The molecule has 1 amide bonds. The number of benzene rings is 1. The van der Waals surface area contributed by atoms with Gasteiger partial charge in [-0.1, -0.05) is 11.6 Å². The summed E-state index contributed by atoms with van der Waals surface area (Å²) in [6.45, 7) is -0.853. The number of aliphatic hydroxyl groups is 1. The Morgan fingerprint density at radius 3 is 2.66 bits per heavy atom. The number of aliphatic hydroxyl groups excluding tert-OH is 1. The van der Waals surface area contributed by atoms with Crippen LogP contribution in [0.1, 0.15) is 25.1 Å². The number of aromatic nitrogens is 7. The number of hydrogen-bond acceptors (Lipinski definition) is 8. The quantitative estimate of drug-likeness (QED) is 0.318. The fourth-order valence-corrected chi connectivity index (χ4v) is 4.37. The van der Waals surface area contributed by atoms with E-state index in [9.17, 15) is 27.9 Å². The second kappa shape index (κ2) is 11.8. The van der Waals surface area contributed by atoms with Crippen molar-refractivity contribution >= 4 is 23.3 Å². The van der Waals surface area contributed by atoms with Gasteiger partial charge < -0.3 is 15.2 Å². The van der Waals surface area contributed by atoms with E-state index in [-0.39, 0.29) is 29.9 Å². The summed E-state index contributed by atoms with van der Waals surface area (Å²) in [5.41, 5.74) is -0.198. The summed E-state index contributed by atoms with van der Waals surface area (Å²) in [7, 11) is 0. The maximum Gasteiger partial charge on any atom is 0.416 e. The lowest BCUT2D eigenvalue weighted by Crippen LogP contribution is -2.37. The first-order valence-electron chi connectivity index (χ1n) is 12.6. The molecule has 0 saturated carbocycles. The van der Waals surface area contributed by atoms with Gasteiger partial charge in [-0.2, -0.15) is 13.2 Å². The van der Waals surface area contributed by atoms with E-state index in [2.05, 4.69) is 25.5 Å². The third-order valence-electron chi connectivity index (χ3n) is 6.34. The van der Waals surface area contributed by atoms with Crippen LogP contribution < -0.4 is 11.0 Å². The summed E-state index contributed by atoms with van der Waals surface area (Å²) < 4.78 is 47.9. The number of alkyl halides is 3. The van der Waals surface area contributed by atoms with Crippen LogP contribution in [0.25, 0.3) is 17.1 Å². The molecule has 1 aromatic carbocycles. The number of ether oxygens (including phenoxy) is 1. The summed E-state index contributed by atoms with van der Waals surface area (Å²) >= 11 is 5.92. The van der Waals surface area contributed by atoms with Crippen molar-refractivity contribution in [1.82, 2.24) is 34.1 Å². The third kappa shape index (κ3) is 6.47. The van der Waals surface area contributed by atoms with E-state index in [1.54, 1.807) is 12.1 Å². The Morgan fingerprint density at radius 2 is 1.95 bits per heavy atom. The molecule has 4 heterocycles. The average Bonchev–Trinajstić information content (AvgIpc) is 3.54. The summed E-state index contributed by atoms with van der Waals surface area (Å²) in [5.74, 6) is -0.113. The van der Waals surface area contributed by atoms with E-state index in [1.165, 1.54) is 41.5 Å².